The standard InChI is InChI=1S/C18H22N2O/c1-13-7-9-16(10-8-13)11-19-12-17(21)20-18-14(2)5-4-6-15(18)3/h4-10,19H,11-12H2,1-3H3,(H,20,21). The Hall–Kier alpha value is -2.13. The smallest absolute Gasteiger partial charge is 0.238 e. The second kappa shape index (κ2) is 7.04. The van der Waals surface area contributed by atoms with E-state index in [2.05, 4.69) is 41.8 Å². The molecule has 0 heterocycles. The molecule has 0 spiro atoms. The lowest BCUT2D eigenvalue weighted by Gasteiger charge is -2.12. The lowest BCUT2D eigenvalue weighted by atomic mass is 10.1. The van der Waals surface area contributed by atoms with Gasteiger partial charge < -0.3 is 10.6 Å². The van der Waals surface area contributed by atoms with Crippen molar-refractivity contribution in [2.75, 3.05) is 11.9 Å². The predicted octanol–water partition coefficient (Wildman–Crippen LogP) is 3.34. The third-order valence-corrected chi connectivity index (χ3v) is 3.48. The molecule has 0 aliphatic carbocycles. The maximum atomic E-state index is 12.0. The van der Waals surface area contributed by atoms with Crippen molar-refractivity contribution in [1.82, 2.24) is 5.32 Å². The van der Waals surface area contributed by atoms with E-state index < -0.39 is 0 Å². The summed E-state index contributed by atoms with van der Waals surface area (Å²) in [4.78, 5) is 12.0. The monoisotopic (exact) mass is 282 g/mol. The quantitative estimate of drug-likeness (QED) is 0.883. The lowest BCUT2D eigenvalue weighted by molar-refractivity contribution is -0.115. The van der Waals surface area contributed by atoms with E-state index in [0.29, 0.717) is 13.1 Å². The van der Waals surface area contributed by atoms with Crippen LogP contribution in [0.4, 0.5) is 5.69 Å². The molecule has 3 heteroatoms. The van der Waals surface area contributed by atoms with Crippen LogP contribution >= 0.6 is 0 Å². The van der Waals surface area contributed by atoms with Crippen LogP contribution in [0.1, 0.15) is 22.3 Å². The van der Waals surface area contributed by atoms with Crippen molar-refractivity contribution < 1.29 is 4.79 Å². The molecule has 0 saturated carbocycles. The van der Waals surface area contributed by atoms with Crippen molar-refractivity contribution in [2.24, 2.45) is 0 Å². The van der Waals surface area contributed by atoms with E-state index in [0.717, 1.165) is 16.8 Å². The third-order valence-electron chi connectivity index (χ3n) is 3.48. The van der Waals surface area contributed by atoms with E-state index in [-0.39, 0.29) is 5.91 Å². The summed E-state index contributed by atoms with van der Waals surface area (Å²) in [5.41, 5.74) is 5.51. The number of benzene rings is 2. The Kier molecular flexibility index (Phi) is 5.12. The van der Waals surface area contributed by atoms with E-state index in [9.17, 15) is 4.79 Å². The lowest BCUT2D eigenvalue weighted by Crippen LogP contribution is -2.28. The molecule has 0 aliphatic heterocycles. The minimum absolute atomic E-state index is 0.0143. The molecule has 0 fully saturated rings. The zero-order valence-corrected chi connectivity index (χ0v) is 12.9. The van der Waals surface area contributed by atoms with Crippen molar-refractivity contribution in [3.05, 3.63) is 64.7 Å². The number of rotatable bonds is 5. The van der Waals surface area contributed by atoms with Gasteiger partial charge in [0, 0.05) is 12.2 Å². The molecule has 0 saturated heterocycles. The van der Waals surface area contributed by atoms with Crippen molar-refractivity contribution in [2.45, 2.75) is 27.3 Å². The van der Waals surface area contributed by atoms with Gasteiger partial charge in [-0.3, -0.25) is 4.79 Å². The summed E-state index contributed by atoms with van der Waals surface area (Å²) >= 11 is 0. The summed E-state index contributed by atoms with van der Waals surface area (Å²) in [6.45, 7) is 7.07. The largest absolute Gasteiger partial charge is 0.324 e. The van der Waals surface area contributed by atoms with Gasteiger partial charge in [0.2, 0.25) is 5.91 Å². The van der Waals surface area contributed by atoms with Gasteiger partial charge in [-0.05, 0) is 37.5 Å². The average Bonchev–Trinajstić information content (AvgIpc) is 2.45. The predicted molar refractivity (Wildman–Crippen MR) is 87.4 cm³/mol. The molecule has 2 N–H and O–H groups in total. The van der Waals surface area contributed by atoms with Crippen LogP contribution in [0.15, 0.2) is 42.5 Å². The van der Waals surface area contributed by atoms with E-state index in [1.807, 2.05) is 32.0 Å². The van der Waals surface area contributed by atoms with Gasteiger partial charge >= 0.3 is 0 Å². The zero-order chi connectivity index (χ0) is 15.2. The fourth-order valence-corrected chi connectivity index (χ4v) is 2.22. The molecule has 2 aromatic rings. The average molecular weight is 282 g/mol. The molecule has 2 rings (SSSR count). The SMILES string of the molecule is Cc1ccc(CNCC(=O)Nc2c(C)cccc2C)cc1. The molecule has 1 amide bonds. The first-order chi connectivity index (χ1) is 10.1. The van der Waals surface area contributed by atoms with E-state index >= 15 is 0 Å². The number of anilines is 1. The molecule has 0 radical (unpaired) electrons. The van der Waals surface area contributed by atoms with Crippen LogP contribution in [0.3, 0.4) is 0 Å². The van der Waals surface area contributed by atoms with Gasteiger partial charge in [0.05, 0.1) is 6.54 Å². The van der Waals surface area contributed by atoms with Crippen LogP contribution in [0.5, 0.6) is 0 Å². The normalized spacial score (nSPS) is 10.4. The Bertz CT molecular complexity index is 597. The Morgan fingerprint density at radius 2 is 1.57 bits per heavy atom. The summed E-state index contributed by atoms with van der Waals surface area (Å²) in [5.74, 6) is -0.0143. The fraction of sp³-hybridized carbons (Fsp3) is 0.278. The second-order valence-electron chi connectivity index (χ2n) is 5.40. The summed E-state index contributed by atoms with van der Waals surface area (Å²) in [7, 11) is 0. The minimum Gasteiger partial charge on any atom is -0.324 e. The van der Waals surface area contributed by atoms with Gasteiger partial charge in [0.15, 0.2) is 0 Å². The number of hydrogen-bond acceptors (Lipinski definition) is 2. The first kappa shape index (κ1) is 15.3. The van der Waals surface area contributed by atoms with Gasteiger partial charge in [0.25, 0.3) is 0 Å². The number of para-hydroxylation sites is 1. The van der Waals surface area contributed by atoms with Crippen LogP contribution in [0.25, 0.3) is 0 Å². The maximum absolute atomic E-state index is 12.0. The van der Waals surface area contributed by atoms with Crippen molar-refractivity contribution in [1.29, 1.82) is 0 Å². The molecular weight excluding hydrogens is 260 g/mol. The van der Waals surface area contributed by atoms with Crippen LogP contribution in [0.2, 0.25) is 0 Å². The fourth-order valence-electron chi connectivity index (χ4n) is 2.22. The third kappa shape index (κ3) is 4.43. The van der Waals surface area contributed by atoms with E-state index in [1.54, 1.807) is 0 Å². The molecule has 3 nitrogen and oxygen atoms in total. The number of carbonyl (C=O) groups is 1. The molecule has 110 valence electrons. The molecule has 2 aromatic carbocycles. The van der Waals surface area contributed by atoms with Crippen LogP contribution in [-0.4, -0.2) is 12.5 Å². The van der Waals surface area contributed by atoms with Crippen LogP contribution < -0.4 is 10.6 Å². The first-order valence-electron chi connectivity index (χ1n) is 7.18. The van der Waals surface area contributed by atoms with Gasteiger partial charge in [-0.25, -0.2) is 0 Å². The zero-order valence-electron chi connectivity index (χ0n) is 12.9. The Morgan fingerprint density at radius 1 is 0.952 bits per heavy atom. The van der Waals surface area contributed by atoms with Crippen molar-refractivity contribution in [3.8, 4) is 0 Å². The first-order valence-corrected chi connectivity index (χ1v) is 7.18. The van der Waals surface area contributed by atoms with Gasteiger partial charge in [-0.1, -0.05) is 48.0 Å². The minimum atomic E-state index is -0.0143. The topological polar surface area (TPSA) is 41.1 Å². The summed E-state index contributed by atoms with van der Waals surface area (Å²) in [6.07, 6.45) is 0. The molecule has 0 aliphatic rings. The molecular formula is C18H22N2O. The highest BCUT2D eigenvalue weighted by molar-refractivity contribution is 5.93. The van der Waals surface area contributed by atoms with Crippen LogP contribution in [-0.2, 0) is 11.3 Å². The van der Waals surface area contributed by atoms with E-state index in [1.165, 1.54) is 11.1 Å². The van der Waals surface area contributed by atoms with Gasteiger partial charge in [-0.2, -0.15) is 0 Å². The maximum Gasteiger partial charge on any atom is 0.238 e. The van der Waals surface area contributed by atoms with Gasteiger partial charge in [-0.15, -0.1) is 0 Å². The molecule has 0 bridgehead atoms. The number of hydrogen-bond donors (Lipinski definition) is 2. The van der Waals surface area contributed by atoms with E-state index in [4.69, 9.17) is 0 Å². The molecule has 0 unspecified atom stereocenters. The summed E-state index contributed by atoms with van der Waals surface area (Å²) < 4.78 is 0. The number of aryl methyl sites for hydroxylation is 3. The second-order valence-corrected chi connectivity index (χ2v) is 5.40. The molecule has 0 aromatic heterocycles. The van der Waals surface area contributed by atoms with Crippen molar-refractivity contribution >= 4 is 11.6 Å². The number of nitrogens with one attached hydrogen (secondary N) is 2. The summed E-state index contributed by atoms with van der Waals surface area (Å²) in [5, 5.41) is 6.14. The summed E-state index contributed by atoms with van der Waals surface area (Å²) in [6, 6.07) is 14.3. The van der Waals surface area contributed by atoms with Crippen LogP contribution in [0, 0.1) is 20.8 Å². The highest BCUT2D eigenvalue weighted by Crippen LogP contribution is 2.18. The Balaban J connectivity index is 1.84. The van der Waals surface area contributed by atoms with Crippen molar-refractivity contribution in [3.63, 3.8) is 0 Å². The highest BCUT2D eigenvalue weighted by Gasteiger charge is 2.06. The van der Waals surface area contributed by atoms with Gasteiger partial charge in [0.1, 0.15) is 0 Å². The Labute approximate surface area is 126 Å². The Morgan fingerprint density at radius 3 is 2.19 bits per heavy atom. The highest BCUT2D eigenvalue weighted by atomic mass is 16.1. The number of amides is 1. The number of carbonyl (C=O) groups excluding carboxylic acids is 1. The molecule has 21 heavy (non-hydrogen) atoms. The molecule has 0 atom stereocenters.